The largest absolute Gasteiger partial charge is 0.453 e. The van der Waals surface area contributed by atoms with E-state index in [9.17, 15) is 14.4 Å². The third-order valence-corrected chi connectivity index (χ3v) is 8.18. The molecule has 6 rings (SSSR count). The summed E-state index contributed by atoms with van der Waals surface area (Å²) >= 11 is 12.8. The molecular formula is C33H29Cl2N9O4. The Morgan fingerprint density at radius 2 is 1.88 bits per heavy atom. The summed E-state index contributed by atoms with van der Waals surface area (Å²) in [7, 11) is 1.28. The summed E-state index contributed by atoms with van der Waals surface area (Å²) in [6.07, 6.45) is 4.46. The van der Waals surface area contributed by atoms with E-state index in [1.54, 1.807) is 48.5 Å². The lowest BCUT2D eigenvalue weighted by Gasteiger charge is -2.16. The minimum Gasteiger partial charge on any atom is -0.453 e. The van der Waals surface area contributed by atoms with Gasteiger partial charge in [-0.3, -0.25) is 14.9 Å². The van der Waals surface area contributed by atoms with Crippen molar-refractivity contribution in [1.29, 1.82) is 0 Å². The number of carbonyl (C=O) groups excluding carboxylic acids is 3. The number of nitrogens with zero attached hydrogens (tertiary/aromatic N) is 5. The number of amides is 3. The fraction of sp³-hybridized carbons (Fsp3) is 0.182. The molecule has 1 aliphatic carbocycles. The minimum absolute atomic E-state index is 0.00321. The number of halogens is 2. The zero-order valence-corrected chi connectivity index (χ0v) is 26.9. The SMILES string of the molecule is COC(=O)Nc1ccc(-c2nc([C@H](CC(=O)NC3CC3c3ccccc3)NC(=O)/C=C/c3cc(Cl)ccc3-n3cnnn3)[nH]c2Cl)cc1. The molecule has 2 unspecified atom stereocenters. The molecule has 1 fully saturated rings. The van der Waals surface area contributed by atoms with Crippen molar-refractivity contribution < 1.29 is 19.1 Å². The molecule has 3 amide bonds. The lowest BCUT2D eigenvalue weighted by atomic mass is 10.1. The van der Waals surface area contributed by atoms with Crippen LogP contribution in [-0.2, 0) is 14.3 Å². The molecule has 0 saturated heterocycles. The standard InChI is InChI=1S/C33H29Cl2N9O4/c1-48-33(47)37-23-11-7-20(8-12-23)30-31(35)41-32(40-30)26(17-29(46)38-25-16-24(25)19-5-3-2-4-6-19)39-28(45)14-9-21-15-22(34)10-13-27(21)44-18-36-42-43-44/h2-15,18,24-26H,16-17H2,1H3,(H,37,47)(H,38,46)(H,39,45)(H,40,41)/b14-9+/t24?,25?,26-/m0/s1. The van der Waals surface area contributed by atoms with Crippen LogP contribution < -0.4 is 16.0 Å². The fourth-order valence-corrected chi connectivity index (χ4v) is 5.65. The van der Waals surface area contributed by atoms with Crippen LogP contribution in [0.2, 0.25) is 10.2 Å². The molecule has 13 nitrogen and oxygen atoms in total. The number of benzene rings is 3. The van der Waals surface area contributed by atoms with E-state index in [4.69, 9.17) is 23.2 Å². The zero-order valence-electron chi connectivity index (χ0n) is 25.4. The molecule has 0 aliphatic heterocycles. The van der Waals surface area contributed by atoms with Crippen molar-refractivity contribution in [3.63, 3.8) is 0 Å². The average Bonchev–Trinajstić information content (AvgIpc) is 3.43. The van der Waals surface area contributed by atoms with Crippen molar-refractivity contribution >= 4 is 52.9 Å². The van der Waals surface area contributed by atoms with Crippen LogP contribution in [0.4, 0.5) is 10.5 Å². The Bertz CT molecular complexity index is 1950. The predicted octanol–water partition coefficient (Wildman–Crippen LogP) is 5.47. The summed E-state index contributed by atoms with van der Waals surface area (Å²) in [4.78, 5) is 45.9. The van der Waals surface area contributed by atoms with Crippen molar-refractivity contribution in [2.75, 3.05) is 12.4 Å². The number of tetrazole rings is 1. The van der Waals surface area contributed by atoms with E-state index in [2.05, 4.69) is 46.2 Å². The minimum atomic E-state index is -0.860. The van der Waals surface area contributed by atoms with Gasteiger partial charge in [0.05, 0.1) is 25.3 Å². The van der Waals surface area contributed by atoms with Crippen molar-refractivity contribution in [3.05, 3.63) is 112 Å². The van der Waals surface area contributed by atoms with Gasteiger partial charge in [-0.05, 0) is 58.8 Å². The van der Waals surface area contributed by atoms with Gasteiger partial charge in [0.15, 0.2) is 0 Å². The number of ether oxygens (including phenoxy) is 1. The van der Waals surface area contributed by atoms with Crippen molar-refractivity contribution in [2.45, 2.75) is 30.8 Å². The maximum absolute atomic E-state index is 13.3. The van der Waals surface area contributed by atoms with Gasteiger partial charge in [-0.1, -0.05) is 65.7 Å². The molecule has 2 heterocycles. The average molecular weight is 687 g/mol. The Hall–Kier alpha value is -5.53. The van der Waals surface area contributed by atoms with E-state index < -0.39 is 18.0 Å². The maximum atomic E-state index is 13.3. The highest BCUT2D eigenvalue weighted by Crippen LogP contribution is 2.40. The van der Waals surface area contributed by atoms with E-state index in [1.807, 2.05) is 30.3 Å². The maximum Gasteiger partial charge on any atom is 0.411 e. The van der Waals surface area contributed by atoms with Gasteiger partial charge in [0, 0.05) is 39.9 Å². The van der Waals surface area contributed by atoms with Crippen LogP contribution in [0.3, 0.4) is 0 Å². The van der Waals surface area contributed by atoms with Crippen LogP contribution in [0.25, 0.3) is 23.0 Å². The first kappa shape index (κ1) is 32.4. The Balaban J connectivity index is 1.21. The van der Waals surface area contributed by atoms with Crippen molar-refractivity contribution in [2.24, 2.45) is 0 Å². The molecule has 1 aliphatic rings. The van der Waals surface area contributed by atoms with Gasteiger partial charge in [-0.25, -0.2) is 9.78 Å². The van der Waals surface area contributed by atoms with Crippen LogP contribution in [0.15, 0.2) is 85.2 Å². The van der Waals surface area contributed by atoms with Gasteiger partial charge in [0.25, 0.3) is 0 Å². The quantitative estimate of drug-likeness (QED) is 0.133. The fourth-order valence-electron chi connectivity index (χ4n) is 5.22. The van der Waals surface area contributed by atoms with E-state index in [-0.39, 0.29) is 35.3 Å². The van der Waals surface area contributed by atoms with Gasteiger partial charge in [0.2, 0.25) is 11.8 Å². The van der Waals surface area contributed by atoms with Crippen LogP contribution >= 0.6 is 23.2 Å². The molecule has 0 radical (unpaired) electrons. The predicted molar refractivity (Wildman–Crippen MR) is 179 cm³/mol. The van der Waals surface area contributed by atoms with E-state index in [0.29, 0.717) is 33.2 Å². The van der Waals surface area contributed by atoms with Gasteiger partial charge in [-0.2, -0.15) is 4.68 Å². The first-order valence-corrected chi connectivity index (χ1v) is 15.6. The summed E-state index contributed by atoms with van der Waals surface area (Å²) in [5.41, 5.74) is 3.93. The lowest BCUT2D eigenvalue weighted by Crippen LogP contribution is -2.34. The number of methoxy groups -OCH3 is 1. The highest BCUT2D eigenvalue weighted by atomic mass is 35.5. The van der Waals surface area contributed by atoms with Gasteiger partial charge < -0.3 is 20.4 Å². The van der Waals surface area contributed by atoms with Gasteiger partial charge in [-0.15, -0.1) is 5.10 Å². The highest BCUT2D eigenvalue weighted by molar-refractivity contribution is 6.32. The molecule has 1 saturated carbocycles. The zero-order chi connectivity index (χ0) is 33.6. The molecule has 0 spiro atoms. The number of aromatic nitrogens is 6. The lowest BCUT2D eigenvalue weighted by molar-refractivity contribution is -0.122. The van der Waals surface area contributed by atoms with E-state index >= 15 is 0 Å². The number of imidazole rings is 1. The van der Waals surface area contributed by atoms with E-state index in [1.165, 1.54) is 24.2 Å². The number of nitrogens with one attached hydrogen (secondary N) is 4. The van der Waals surface area contributed by atoms with Crippen molar-refractivity contribution in [3.8, 4) is 16.9 Å². The molecule has 15 heteroatoms. The Labute approximate surface area is 284 Å². The van der Waals surface area contributed by atoms with Gasteiger partial charge >= 0.3 is 6.09 Å². The summed E-state index contributed by atoms with van der Waals surface area (Å²) in [5.74, 6) is -0.220. The second kappa shape index (κ2) is 14.5. The smallest absolute Gasteiger partial charge is 0.411 e. The number of rotatable bonds is 11. The summed E-state index contributed by atoms with van der Waals surface area (Å²) in [5, 5.41) is 20.5. The highest BCUT2D eigenvalue weighted by Gasteiger charge is 2.39. The Morgan fingerprint density at radius 1 is 1.08 bits per heavy atom. The molecule has 0 bridgehead atoms. The summed E-state index contributed by atoms with van der Waals surface area (Å²) < 4.78 is 6.08. The first-order valence-electron chi connectivity index (χ1n) is 14.8. The number of anilines is 1. The number of hydrogen-bond donors (Lipinski definition) is 4. The number of H-pyrrole nitrogens is 1. The third kappa shape index (κ3) is 7.88. The Kier molecular flexibility index (Phi) is 9.78. The summed E-state index contributed by atoms with van der Waals surface area (Å²) in [6.45, 7) is 0. The number of hydrogen-bond acceptors (Lipinski definition) is 8. The molecule has 5 aromatic rings. The normalized spacial score (nSPS) is 15.9. The molecular weight excluding hydrogens is 657 g/mol. The number of aromatic amines is 1. The third-order valence-electron chi connectivity index (χ3n) is 7.67. The monoisotopic (exact) mass is 685 g/mol. The second-order valence-corrected chi connectivity index (χ2v) is 11.8. The molecule has 48 heavy (non-hydrogen) atoms. The number of carbonyl (C=O) groups is 3. The van der Waals surface area contributed by atoms with Crippen LogP contribution in [0, 0.1) is 0 Å². The van der Waals surface area contributed by atoms with Crippen LogP contribution in [0.5, 0.6) is 0 Å². The molecule has 3 atom stereocenters. The van der Waals surface area contributed by atoms with Crippen LogP contribution in [0.1, 0.15) is 41.8 Å². The van der Waals surface area contributed by atoms with E-state index in [0.717, 1.165) is 12.0 Å². The first-order chi connectivity index (χ1) is 23.3. The van der Waals surface area contributed by atoms with Gasteiger partial charge in [0.1, 0.15) is 23.0 Å². The molecule has 4 N–H and O–H groups in total. The Morgan fingerprint density at radius 3 is 2.60 bits per heavy atom. The summed E-state index contributed by atoms with van der Waals surface area (Å²) in [6, 6.07) is 21.0. The topological polar surface area (TPSA) is 169 Å². The molecule has 3 aromatic carbocycles. The second-order valence-electron chi connectivity index (χ2n) is 11.0. The van der Waals surface area contributed by atoms with Crippen molar-refractivity contribution in [1.82, 2.24) is 40.8 Å². The molecule has 244 valence electrons. The van der Waals surface area contributed by atoms with Crippen LogP contribution in [-0.4, -0.2) is 61.2 Å². The molecule has 2 aromatic heterocycles.